The molecule has 0 spiro atoms. The topological polar surface area (TPSA) is 42.7 Å². The van der Waals surface area contributed by atoms with Crippen LogP contribution < -0.4 is 5.32 Å². The Bertz CT molecular complexity index is 865. The van der Waals surface area contributed by atoms with Crippen LogP contribution in [0, 0.1) is 13.8 Å². The molecule has 1 N–H and O–H groups in total. The van der Waals surface area contributed by atoms with E-state index in [1.165, 1.54) is 29.5 Å². The van der Waals surface area contributed by atoms with Crippen molar-refractivity contribution in [2.75, 3.05) is 11.9 Å². The molecule has 0 saturated carbocycles. The summed E-state index contributed by atoms with van der Waals surface area (Å²) in [5, 5.41) is 8.55. The Morgan fingerprint density at radius 2 is 2.00 bits per heavy atom. The number of anilines is 1. The number of hydrogen-bond acceptors (Lipinski definition) is 3. The Balaban J connectivity index is 1.93. The first kappa shape index (κ1) is 14.9. The first-order chi connectivity index (χ1) is 11.7. The Hall–Kier alpha value is -2.62. The molecule has 0 fully saturated rings. The largest absolute Gasteiger partial charge is 0.370 e. The van der Waals surface area contributed by atoms with Gasteiger partial charge in [0.15, 0.2) is 0 Å². The van der Waals surface area contributed by atoms with E-state index in [4.69, 9.17) is 5.10 Å². The van der Waals surface area contributed by atoms with Crippen LogP contribution in [-0.2, 0) is 6.42 Å². The van der Waals surface area contributed by atoms with Gasteiger partial charge in [0.1, 0.15) is 11.5 Å². The third-order valence-electron chi connectivity index (χ3n) is 4.62. The lowest BCUT2D eigenvalue weighted by Crippen LogP contribution is -2.08. The van der Waals surface area contributed by atoms with Gasteiger partial charge in [0.2, 0.25) is 0 Å². The number of benzene rings is 1. The summed E-state index contributed by atoms with van der Waals surface area (Å²) in [5.41, 5.74) is 6.87. The van der Waals surface area contributed by atoms with E-state index in [2.05, 4.69) is 47.0 Å². The molecule has 0 radical (unpaired) electrons. The lowest BCUT2D eigenvalue weighted by Gasteiger charge is -2.12. The second kappa shape index (κ2) is 6.11. The van der Waals surface area contributed by atoms with Crippen LogP contribution in [0.4, 0.5) is 5.82 Å². The minimum atomic E-state index is 0.945. The van der Waals surface area contributed by atoms with Gasteiger partial charge in [-0.25, -0.2) is 4.68 Å². The number of aromatic nitrogens is 3. The number of pyridine rings is 1. The van der Waals surface area contributed by atoms with Gasteiger partial charge in [-0.3, -0.25) is 4.98 Å². The Morgan fingerprint density at radius 3 is 2.79 bits per heavy atom. The van der Waals surface area contributed by atoms with Crippen molar-refractivity contribution in [1.29, 1.82) is 0 Å². The van der Waals surface area contributed by atoms with Gasteiger partial charge in [0, 0.05) is 18.3 Å². The molecule has 4 heteroatoms. The molecule has 0 saturated heterocycles. The van der Waals surface area contributed by atoms with Gasteiger partial charge in [-0.2, -0.15) is 5.10 Å². The van der Waals surface area contributed by atoms with Gasteiger partial charge in [0.25, 0.3) is 0 Å². The minimum Gasteiger partial charge on any atom is -0.370 e. The highest BCUT2D eigenvalue weighted by molar-refractivity contribution is 5.69. The molecule has 24 heavy (non-hydrogen) atoms. The van der Waals surface area contributed by atoms with Crippen LogP contribution in [0.5, 0.6) is 0 Å². The fraction of sp³-hybridized carbons (Fsp3) is 0.300. The average Bonchev–Trinajstić information content (AvgIpc) is 2.78. The molecule has 4 rings (SSSR count). The first-order valence-corrected chi connectivity index (χ1v) is 8.59. The zero-order valence-corrected chi connectivity index (χ0v) is 14.2. The summed E-state index contributed by atoms with van der Waals surface area (Å²) in [4.78, 5) is 4.53. The van der Waals surface area contributed by atoms with E-state index in [1.54, 1.807) is 0 Å². The molecule has 3 heterocycles. The van der Waals surface area contributed by atoms with E-state index >= 15 is 0 Å². The monoisotopic (exact) mass is 318 g/mol. The van der Waals surface area contributed by atoms with Crippen molar-refractivity contribution in [2.24, 2.45) is 0 Å². The third-order valence-corrected chi connectivity index (χ3v) is 4.62. The molecular formula is C20H22N4. The lowest BCUT2D eigenvalue weighted by atomic mass is 10.1. The van der Waals surface area contributed by atoms with E-state index < -0.39 is 0 Å². The van der Waals surface area contributed by atoms with Crippen LogP contribution in [0.2, 0.25) is 0 Å². The first-order valence-electron chi connectivity index (χ1n) is 8.59. The van der Waals surface area contributed by atoms with E-state index in [9.17, 15) is 0 Å². The molecule has 0 unspecified atom stereocenters. The van der Waals surface area contributed by atoms with E-state index in [-0.39, 0.29) is 0 Å². The zero-order chi connectivity index (χ0) is 16.5. The molecule has 4 nitrogen and oxygen atoms in total. The highest BCUT2D eigenvalue weighted by Gasteiger charge is 2.22. The highest BCUT2D eigenvalue weighted by Crippen LogP contribution is 2.33. The SMILES string of the molecule is Cc1ccc(-n2nc(-c3ccccn3)c3c2NCCCC3)c(C)c1. The minimum absolute atomic E-state index is 0.945. The van der Waals surface area contributed by atoms with Crippen LogP contribution in [-0.4, -0.2) is 21.3 Å². The smallest absolute Gasteiger partial charge is 0.133 e. The van der Waals surface area contributed by atoms with Crippen molar-refractivity contribution in [3.8, 4) is 17.1 Å². The van der Waals surface area contributed by atoms with Gasteiger partial charge in [-0.1, -0.05) is 23.8 Å². The van der Waals surface area contributed by atoms with Gasteiger partial charge >= 0.3 is 0 Å². The standard InChI is InChI=1S/C20H22N4/c1-14-9-10-18(15(2)13-14)24-20-16(7-3-5-12-22-20)19(23-24)17-8-4-6-11-21-17/h4,6,8-11,13,22H,3,5,7,12H2,1-2H3. The Labute approximate surface area is 142 Å². The summed E-state index contributed by atoms with van der Waals surface area (Å²) in [6.07, 6.45) is 5.24. The molecule has 0 atom stereocenters. The average molecular weight is 318 g/mol. The van der Waals surface area contributed by atoms with Crippen LogP contribution in [0.3, 0.4) is 0 Å². The number of rotatable bonds is 2. The molecule has 2 aromatic heterocycles. The number of nitrogens with one attached hydrogen (secondary N) is 1. The summed E-state index contributed by atoms with van der Waals surface area (Å²) in [5.74, 6) is 1.13. The molecule has 1 aliphatic rings. The van der Waals surface area contributed by atoms with Crippen LogP contribution in [0.1, 0.15) is 29.5 Å². The number of fused-ring (bicyclic) bond motifs is 1. The quantitative estimate of drug-likeness (QED) is 0.766. The van der Waals surface area contributed by atoms with Crippen molar-refractivity contribution >= 4 is 5.82 Å². The van der Waals surface area contributed by atoms with E-state index in [0.717, 1.165) is 35.9 Å². The van der Waals surface area contributed by atoms with Crippen LogP contribution in [0.15, 0.2) is 42.6 Å². The van der Waals surface area contributed by atoms with Crippen molar-refractivity contribution in [1.82, 2.24) is 14.8 Å². The van der Waals surface area contributed by atoms with Gasteiger partial charge in [-0.15, -0.1) is 0 Å². The maximum absolute atomic E-state index is 4.96. The normalized spacial score (nSPS) is 13.9. The molecule has 1 aromatic carbocycles. The molecule has 1 aliphatic heterocycles. The molecule has 0 bridgehead atoms. The summed E-state index contributed by atoms with van der Waals surface area (Å²) in [6, 6.07) is 12.5. The summed E-state index contributed by atoms with van der Waals surface area (Å²) in [7, 11) is 0. The maximum Gasteiger partial charge on any atom is 0.133 e. The summed E-state index contributed by atoms with van der Waals surface area (Å²) >= 11 is 0. The Kier molecular flexibility index (Phi) is 3.81. The molecule has 3 aromatic rings. The van der Waals surface area contributed by atoms with Crippen molar-refractivity contribution in [3.05, 3.63) is 59.3 Å². The van der Waals surface area contributed by atoms with E-state index in [0.29, 0.717) is 0 Å². The highest BCUT2D eigenvalue weighted by atomic mass is 15.3. The second-order valence-electron chi connectivity index (χ2n) is 6.48. The van der Waals surface area contributed by atoms with Crippen LogP contribution in [0.25, 0.3) is 17.1 Å². The summed E-state index contributed by atoms with van der Waals surface area (Å²) < 4.78 is 2.07. The van der Waals surface area contributed by atoms with Crippen LogP contribution >= 0.6 is 0 Å². The van der Waals surface area contributed by atoms with E-state index in [1.807, 2.05) is 24.4 Å². The zero-order valence-electron chi connectivity index (χ0n) is 14.2. The number of hydrogen-bond donors (Lipinski definition) is 1. The lowest BCUT2D eigenvalue weighted by molar-refractivity contribution is 0.779. The predicted molar refractivity (Wildman–Crippen MR) is 97.7 cm³/mol. The molecule has 122 valence electrons. The summed E-state index contributed by atoms with van der Waals surface area (Å²) in [6.45, 7) is 5.26. The fourth-order valence-electron chi connectivity index (χ4n) is 3.43. The Morgan fingerprint density at radius 1 is 1.08 bits per heavy atom. The predicted octanol–water partition coefficient (Wildman–Crippen LogP) is 4.30. The molecular weight excluding hydrogens is 296 g/mol. The fourth-order valence-corrected chi connectivity index (χ4v) is 3.43. The van der Waals surface area contributed by atoms with Crippen molar-refractivity contribution in [3.63, 3.8) is 0 Å². The molecule has 0 aliphatic carbocycles. The molecule has 0 amide bonds. The maximum atomic E-state index is 4.96. The number of aryl methyl sites for hydroxylation is 2. The van der Waals surface area contributed by atoms with Crippen molar-refractivity contribution < 1.29 is 0 Å². The van der Waals surface area contributed by atoms with Gasteiger partial charge in [-0.05, 0) is 56.9 Å². The second-order valence-corrected chi connectivity index (χ2v) is 6.48. The van der Waals surface area contributed by atoms with Gasteiger partial charge in [0.05, 0.1) is 11.4 Å². The number of nitrogens with zero attached hydrogens (tertiary/aromatic N) is 3. The third kappa shape index (κ3) is 2.58. The van der Waals surface area contributed by atoms with Crippen molar-refractivity contribution in [2.45, 2.75) is 33.1 Å². The van der Waals surface area contributed by atoms with Gasteiger partial charge < -0.3 is 5.32 Å².